The van der Waals surface area contributed by atoms with Crippen molar-refractivity contribution in [3.63, 3.8) is 0 Å². The van der Waals surface area contributed by atoms with E-state index in [0.717, 1.165) is 6.42 Å². The second kappa shape index (κ2) is 7.01. The number of hydrogen-bond acceptors (Lipinski definition) is 8. The third-order valence-corrected chi connectivity index (χ3v) is 4.99. The van der Waals surface area contributed by atoms with Gasteiger partial charge in [-0.25, -0.2) is 24.2 Å². The van der Waals surface area contributed by atoms with Gasteiger partial charge in [-0.3, -0.25) is 0 Å². The predicted octanol–water partition coefficient (Wildman–Crippen LogP) is 0.288. The molecule has 21 heavy (non-hydrogen) atoms. The minimum absolute atomic E-state index is 0.128. The number of rotatable bonds is 6. The largest absolute Gasteiger partial charge is 0.374 e. The van der Waals surface area contributed by atoms with Crippen molar-refractivity contribution < 1.29 is 13.2 Å². The normalized spacial score (nSPS) is 21.0. The van der Waals surface area contributed by atoms with Crippen LogP contribution in [0.3, 0.4) is 0 Å². The highest BCUT2D eigenvalue weighted by molar-refractivity contribution is 7.91. The third kappa shape index (κ3) is 4.80. The van der Waals surface area contributed by atoms with Gasteiger partial charge in [0.1, 0.15) is 18.2 Å². The van der Waals surface area contributed by atoms with Crippen LogP contribution in [0.4, 0.5) is 11.6 Å². The molecule has 118 valence electrons. The van der Waals surface area contributed by atoms with Gasteiger partial charge >= 0.3 is 0 Å². The van der Waals surface area contributed by atoms with Gasteiger partial charge in [0.2, 0.25) is 0 Å². The third-order valence-electron chi connectivity index (χ3n) is 3.17. The zero-order chi connectivity index (χ0) is 15.3. The molecule has 0 amide bonds. The van der Waals surface area contributed by atoms with Crippen molar-refractivity contribution in [2.45, 2.75) is 32.4 Å². The van der Waals surface area contributed by atoms with Crippen molar-refractivity contribution in [3.8, 4) is 0 Å². The molecule has 1 aromatic heterocycles. The molecule has 1 aliphatic rings. The first kappa shape index (κ1) is 15.9. The summed E-state index contributed by atoms with van der Waals surface area (Å²) in [6, 6.07) is 1.51. The van der Waals surface area contributed by atoms with Crippen LogP contribution in [0.5, 0.6) is 0 Å². The summed E-state index contributed by atoms with van der Waals surface area (Å²) in [5.41, 5.74) is 2.47. The van der Waals surface area contributed by atoms with E-state index in [1.165, 1.54) is 0 Å². The first-order chi connectivity index (χ1) is 10.0. The Morgan fingerprint density at radius 3 is 2.86 bits per heavy atom. The van der Waals surface area contributed by atoms with Crippen LogP contribution in [0.2, 0.25) is 0 Å². The molecule has 1 aliphatic heterocycles. The molecule has 0 saturated carbocycles. The van der Waals surface area contributed by atoms with Crippen molar-refractivity contribution in [3.05, 3.63) is 11.9 Å². The fourth-order valence-corrected chi connectivity index (χ4v) is 3.88. The zero-order valence-electron chi connectivity index (χ0n) is 12.0. The lowest BCUT2D eigenvalue weighted by Gasteiger charge is -2.23. The Labute approximate surface area is 124 Å². The summed E-state index contributed by atoms with van der Waals surface area (Å²) >= 11 is 0. The Kier molecular flexibility index (Phi) is 5.32. The van der Waals surface area contributed by atoms with Gasteiger partial charge in [0, 0.05) is 18.7 Å². The van der Waals surface area contributed by atoms with Crippen LogP contribution in [-0.2, 0) is 21.2 Å². The first-order valence-corrected chi connectivity index (χ1v) is 8.74. The van der Waals surface area contributed by atoms with Gasteiger partial charge in [0.25, 0.3) is 0 Å². The number of nitrogen functional groups attached to an aromatic ring is 1. The Hall–Kier alpha value is -1.45. The highest BCUT2D eigenvalue weighted by atomic mass is 32.2. The van der Waals surface area contributed by atoms with E-state index >= 15 is 0 Å². The van der Waals surface area contributed by atoms with E-state index in [-0.39, 0.29) is 24.2 Å². The molecule has 0 spiro atoms. The summed E-state index contributed by atoms with van der Waals surface area (Å²) in [6.45, 7) is 2.73. The van der Waals surface area contributed by atoms with Crippen molar-refractivity contribution >= 4 is 21.5 Å². The molecule has 0 aliphatic carbocycles. The highest BCUT2D eigenvalue weighted by Gasteiger charge is 2.25. The number of anilines is 2. The van der Waals surface area contributed by atoms with E-state index in [2.05, 4.69) is 20.7 Å². The number of nitrogens with zero attached hydrogens (tertiary/aromatic N) is 2. The summed E-state index contributed by atoms with van der Waals surface area (Å²) in [5.74, 6) is 7.28. The van der Waals surface area contributed by atoms with Crippen molar-refractivity contribution in [2.75, 3.05) is 28.9 Å². The summed E-state index contributed by atoms with van der Waals surface area (Å²) < 4.78 is 28.6. The van der Waals surface area contributed by atoms with Crippen LogP contribution in [0.25, 0.3) is 0 Å². The molecule has 1 atom stereocenters. The molecule has 1 unspecified atom stereocenters. The van der Waals surface area contributed by atoms with Gasteiger partial charge in [0.05, 0.1) is 11.5 Å². The fraction of sp³-hybridized carbons (Fsp3) is 0.667. The van der Waals surface area contributed by atoms with Crippen molar-refractivity contribution in [2.24, 2.45) is 5.84 Å². The minimum Gasteiger partial charge on any atom is -0.374 e. The van der Waals surface area contributed by atoms with E-state index in [0.29, 0.717) is 30.5 Å². The number of hydrogen-bond donors (Lipinski definition) is 3. The molecule has 0 radical (unpaired) electrons. The Bertz CT molecular complexity index is 578. The van der Waals surface area contributed by atoms with Gasteiger partial charge < -0.3 is 15.5 Å². The van der Waals surface area contributed by atoms with Crippen LogP contribution >= 0.6 is 0 Å². The molecule has 0 aromatic carbocycles. The molecule has 4 N–H and O–H groups in total. The maximum absolute atomic E-state index is 11.7. The van der Waals surface area contributed by atoms with E-state index in [9.17, 15) is 8.42 Å². The van der Waals surface area contributed by atoms with Gasteiger partial charge in [-0.15, -0.1) is 0 Å². The number of ether oxygens (including phenoxy) is 1. The standard InChI is InChI=1S/C12H21N5O3S/c1-2-20-7-12-15-10(6-11(16-12)17-13)14-9-4-3-5-21(18,19)8-9/h6,9H,2-5,7-8,13H2,1H3,(H2,14,15,16,17). The molecular formula is C12H21N5O3S. The number of nitrogens with one attached hydrogen (secondary N) is 2. The second-order valence-electron chi connectivity index (χ2n) is 4.93. The maximum atomic E-state index is 11.7. The molecule has 1 saturated heterocycles. The van der Waals surface area contributed by atoms with Crippen LogP contribution in [0.1, 0.15) is 25.6 Å². The quantitative estimate of drug-likeness (QED) is 0.506. The number of nitrogens with two attached hydrogens (primary N) is 1. The van der Waals surface area contributed by atoms with E-state index in [1.54, 1.807) is 6.07 Å². The van der Waals surface area contributed by atoms with Gasteiger partial charge in [-0.05, 0) is 19.8 Å². The molecule has 8 nitrogen and oxygen atoms in total. The van der Waals surface area contributed by atoms with Crippen LogP contribution in [0.15, 0.2) is 6.07 Å². The second-order valence-corrected chi connectivity index (χ2v) is 7.16. The minimum atomic E-state index is -2.96. The monoisotopic (exact) mass is 315 g/mol. The summed E-state index contributed by atoms with van der Waals surface area (Å²) in [7, 11) is -2.96. The number of sulfone groups is 1. The molecule has 1 fully saturated rings. The Morgan fingerprint density at radius 1 is 1.43 bits per heavy atom. The van der Waals surface area contributed by atoms with Crippen molar-refractivity contribution in [1.29, 1.82) is 0 Å². The summed E-state index contributed by atoms with van der Waals surface area (Å²) in [6.07, 6.45) is 1.47. The van der Waals surface area contributed by atoms with Gasteiger partial charge in [0.15, 0.2) is 15.7 Å². The fourth-order valence-electron chi connectivity index (χ4n) is 2.25. The molecule has 2 rings (SSSR count). The molecule has 0 bridgehead atoms. The lowest BCUT2D eigenvalue weighted by atomic mass is 10.2. The van der Waals surface area contributed by atoms with Crippen LogP contribution in [-0.4, -0.2) is 42.5 Å². The van der Waals surface area contributed by atoms with E-state index in [1.807, 2.05) is 6.92 Å². The lowest BCUT2D eigenvalue weighted by Crippen LogP contribution is -2.35. The predicted molar refractivity (Wildman–Crippen MR) is 80.5 cm³/mol. The maximum Gasteiger partial charge on any atom is 0.158 e. The molecule has 1 aromatic rings. The lowest BCUT2D eigenvalue weighted by molar-refractivity contribution is 0.128. The first-order valence-electron chi connectivity index (χ1n) is 6.91. The van der Waals surface area contributed by atoms with Crippen LogP contribution in [0, 0.1) is 0 Å². The SMILES string of the molecule is CCOCc1nc(NN)cc(NC2CCCS(=O)(=O)C2)n1. The average Bonchev–Trinajstić information content (AvgIpc) is 2.43. The highest BCUT2D eigenvalue weighted by Crippen LogP contribution is 2.18. The topological polar surface area (TPSA) is 119 Å². The average molecular weight is 315 g/mol. The smallest absolute Gasteiger partial charge is 0.158 e. The van der Waals surface area contributed by atoms with E-state index < -0.39 is 9.84 Å². The van der Waals surface area contributed by atoms with E-state index in [4.69, 9.17) is 10.6 Å². The summed E-state index contributed by atoms with van der Waals surface area (Å²) in [4.78, 5) is 8.50. The van der Waals surface area contributed by atoms with Crippen molar-refractivity contribution in [1.82, 2.24) is 9.97 Å². The Balaban J connectivity index is 2.11. The number of aromatic nitrogens is 2. The Morgan fingerprint density at radius 2 is 2.19 bits per heavy atom. The number of hydrazine groups is 1. The van der Waals surface area contributed by atoms with Crippen LogP contribution < -0.4 is 16.6 Å². The van der Waals surface area contributed by atoms with Gasteiger partial charge in [-0.1, -0.05) is 0 Å². The summed E-state index contributed by atoms with van der Waals surface area (Å²) in [5, 5.41) is 3.15. The van der Waals surface area contributed by atoms with Gasteiger partial charge in [-0.2, -0.15) is 0 Å². The molecule has 2 heterocycles. The molecule has 9 heteroatoms. The molecular weight excluding hydrogens is 294 g/mol. The zero-order valence-corrected chi connectivity index (χ0v) is 12.8.